The zero-order chi connectivity index (χ0) is 17.1. The van der Waals surface area contributed by atoms with Gasteiger partial charge in [-0.15, -0.1) is 0 Å². The first-order chi connectivity index (χ1) is 10.8. The summed E-state index contributed by atoms with van der Waals surface area (Å²) in [6, 6.07) is 8.14. The minimum Gasteiger partial charge on any atom is -0.444 e. The number of amides is 1. The van der Waals surface area contributed by atoms with Crippen molar-refractivity contribution in [2.24, 2.45) is 0 Å². The smallest absolute Gasteiger partial charge is 0.410 e. The second-order valence-corrected chi connectivity index (χ2v) is 8.04. The average molecular weight is 382 g/mol. The molecule has 1 aromatic carbocycles. The molecule has 1 aliphatic heterocycles. The van der Waals surface area contributed by atoms with Crippen LogP contribution in [0.4, 0.5) is 4.79 Å². The molecule has 0 spiro atoms. The molecule has 4 nitrogen and oxygen atoms in total. The Morgan fingerprint density at radius 3 is 2.30 bits per heavy atom. The number of aldehydes is 1. The van der Waals surface area contributed by atoms with E-state index in [1.165, 1.54) is 0 Å². The summed E-state index contributed by atoms with van der Waals surface area (Å²) in [5.74, 6) is 0. The highest BCUT2D eigenvalue weighted by Crippen LogP contribution is 2.38. The first-order valence-corrected chi connectivity index (χ1v) is 8.73. The highest BCUT2D eigenvalue weighted by molar-refractivity contribution is 9.10. The Morgan fingerprint density at radius 1 is 1.26 bits per heavy atom. The summed E-state index contributed by atoms with van der Waals surface area (Å²) in [6.07, 6.45) is 2.74. The van der Waals surface area contributed by atoms with E-state index in [-0.39, 0.29) is 11.5 Å². The van der Waals surface area contributed by atoms with Gasteiger partial charge in [0.1, 0.15) is 11.9 Å². The van der Waals surface area contributed by atoms with Crippen molar-refractivity contribution in [2.75, 3.05) is 13.1 Å². The number of piperidine rings is 1. The third kappa shape index (κ3) is 4.56. The van der Waals surface area contributed by atoms with Gasteiger partial charge in [-0.05, 0) is 51.3 Å². The maximum atomic E-state index is 12.2. The van der Waals surface area contributed by atoms with Crippen molar-refractivity contribution >= 4 is 28.3 Å². The largest absolute Gasteiger partial charge is 0.444 e. The lowest BCUT2D eigenvalue weighted by Gasteiger charge is -2.41. The topological polar surface area (TPSA) is 46.6 Å². The van der Waals surface area contributed by atoms with Crippen molar-refractivity contribution in [3.8, 4) is 0 Å². The maximum Gasteiger partial charge on any atom is 0.410 e. The summed E-state index contributed by atoms with van der Waals surface area (Å²) in [6.45, 7) is 6.83. The number of ether oxygens (including phenoxy) is 1. The lowest BCUT2D eigenvalue weighted by atomic mass is 9.71. The fourth-order valence-electron chi connectivity index (χ4n) is 3.02. The number of nitrogens with zero attached hydrogens (tertiary/aromatic N) is 1. The van der Waals surface area contributed by atoms with E-state index in [1.54, 1.807) is 4.90 Å². The number of halogens is 1. The normalized spacial score (nSPS) is 17.7. The summed E-state index contributed by atoms with van der Waals surface area (Å²) < 4.78 is 6.46. The van der Waals surface area contributed by atoms with Crippen molar-refractivity contribution in [3.63, 3.8) is 0 Å². The Balaban J connectivity index is 2.10. The third-order valence-corrected chi connectivity index (χ3v) is 4.83. The molecule has 1 fully saturated rings. The van der Waals surface area contributed by atoms with Crippen LogP contribution in [-0.4, -0.2) is 36.0 Å². The van der Waals surface area contributed by atoms with Crippen LogP contribution in [0.5, 0.6) is 0 Å². The van der Waals surface area contributed by atoms with Gasteiger partial charge in [0, 0.05) is 29.4 Å². The summed E-state index contributed by atoms with van der Waals surface area (Å²) >= 11 is 3.44. The van der Waals surface area contributed by atoms with Crippen LogP contribution >= 0.6 is 15.9 Å². The molecule has 1 heterocycles. The number of likely N-dealkylation sites (tertiary alicyclic amines) is 1. The van der Waals surface area contributed by atoms with Crippen LogP contribution in [0.15, 0.2) is 28.7 Å². The van der Waals surface area contributed by atoms with Crippen LogP contribution in [0.1, 0.15) is 45.6 Å². The number of carbonyl (C=O) groups excluding carboxylic acids is 2. The van der Waals surface area contributed by atoms with Crippen LogP contribution in [-0.2, 0) is 14.9 Å². The molecule has 0 atom stereocenters. The van der Waals surface area contributed by atoms with Gasteiger partial charge in [-0.1, -0.05) is 28.1 Å². The Kier molecular flexibility index (Phi) is 5.50. The van der Waals surface area contributed by atoms with Crippen molar-refractivity contribution < 1.29 is 14.3 Å². The average Bonchev–Trinajstić information content (AvgIpc) is 2.47. The predicted molar refractivity (Wildman–Crippen MR) is 93.5 cm³/mol. The Labute approximate surface area is 146 Å². The molecule has 1 saturated heterocycles. The fraction of sp³-hybridized carbons (Fsp3) is 0.556. The minimum atomic E-state index is -0.486. The van der Waals surface area contributed by atoms with E-state index in [0.29, 0.717) is 19.5 Å². The molecule has 0 aliphatic carbocycles. The van der Waals surface area contributed by atoms with Gasteiger partial charge in [-0.25, -0.2) is 4.79 Å². The molecule has 0 bridgehead atoms. The van der Waals surface area contributed by atoms with Gasteiger partial charge in [0.15, 0.2) is 0 Å². The van der Waals surface area contributed by atoms with Gasteiger partial charge in [0.05, 0.1) is 0 Å². The second-order valence-electron chi connectivity index (χ2n) is 7.13. The van der Waals surface area contributed by atoms with Gasteiger partial charge in [0.25, 0.3) is 0 Å². The van der Waals surface area contributed by atoms with Gasteiger partial charge < -0.3 is 14.4 Å². The van der Waals surface area contributed by atoms with Gasteiger partial charge in [-0.2, -0.15) is 0 Å². The summed E-state index contributed by atoms with van der Waals surface area (Å²) in [4.78, 5) is 25.1. The molecule has 1 aromatic rings. The number of benzene rings is 1. The van der Waals surface area contributed by atoms with E-state index in [4.69, 9.17) is 4.74 Å². The van der Waals surface area contributed by atoms with Crippen LogP contribution in [0.3, 0.4) is 0 Å². The highest BCUT2D eigenvalue weighted by atomic mass is 79.9. The van der Waals surface area contributed by atoms with Gasteiger partial charge in [-0.3, -0.25) is 0 Å². The molecule has 2 rings (SSSR count). The molecule has 0 saturated carbocycles. The van der Waals surface area contributed by atoms with Crippen molar-refractivity contribution in [3.05, 3.63) is 34.3 Å². The lowest BCUT2D eigenvalue weighted by Crippen LogP contribution is -2.47. The van der Waals surface area contributed by atoms with E-state index in [0.717, 1.165) is 29.2 Å². The van der Waals surface area contributed by atoms with E-state index >= 15 is 0 Å². The molecular weight excluding hydrogens is 358 g/mol. The number of rotatable bonds is 3. The highest BCUT2D eigenvalue weighted by Gasteiger charge is 2.38. The molecule has 0 aromatic heterocycles. The zero-order valence-corrected chi connectivity index (χ0v) is 15.6. The minimum absolute atomic E-state index is 0.180. The molecule has 1 aliphatic rings. The van der Waals surface area contributed by atoms with Crippen molar-refractivity contribution in [1.82, 2.24) is 4.90 Å². The van der Waals surface area contributed by atoms with E-state index in [9.17, 15) is 9.59 Å². The summed E-state index contributed by atoms with van der Waals surface area (Å²) in [7, 11) is 0. The van der Waals surface area contributed by atoms with Gasteiger partial charge in [0.2, 0.25) is 0 Å². The van der Waals surface area contributed by atoms with Crippen LogP contribution in [0.2, 0.25) is 0 Å². The Bertz CT molecular complexity index is 555. The zero-order valence-electron chi connectivity index (χ0n) is 14.0. The van der Waals surface area contributed by atoms with E-state index < -0.39 is 5.60 Å². The summed E-state index contributed by atoms with van der Waals surface area (Å²) in [5, 5.41) is 0. The lowest BCUT2D eigenvalue weighted by molar-refractivity contribution is -0.109. The van der Waals surface area contributed by atoms with E-state index in [1.807, 2.05) is 32.9 Å². The number of hydrogen-bond acceptors (Lipinski definition) is 3. The first-order valence-electron chi connectivity index (χ1n) is 7.93. The third-order valence-electron chi connectivity index (χ3n) is 4.30. The maximum absolute atomic E-state index is 12.2. The molecule has 0 unspecified atom stereocenters. The number of hydrogen-bond donors (Lipinski definition) is 0. The second kappa shape index (κ2) is 7.04. The molecule has 0 N–H and O–H groups in total. The fourth-order valence-corrected chi connectivity index (χ4v) is 3.28. The van der Waals surface area contributed by atoms with Crippen LogP contribution in [0, 0.1) is 0 Å². The Morgan fingerprint density at radius 2 is 1.83 bits per heavy atom. The molecule has 23 heavy (non-hydrogen) atoms. The quantitative estimate of drug-likeness (QED) is 0.732. The van der Waals surface area contributed by atoms with Crippen LogP contribution < -0.4 is 0 Å². The van der Waals surface area contributed by atoms with Crippen LogP contribution in [0.25, 0.3) is 0 Å². The monoisotopic (exact) mass is 381 g/mol. The SMILES string of the molecule is CC(C)(C)OC(=O)N1CCC(CC=O)(c2ccc(Br)cc2)CC1. The van der Waals surface area contributed by atoms with Crippen molar-refractivity contribution in [1.29, 1.82) is 0 Å². The first kappa shape index (κ1) is 18.0. The summed E-state index contributed by atoms with van der Waals surface area (Å²) in [5.41, 5.74) is 0.498. The molecule has 0 radical (unpaired) electrons. The molecular formula is C18H24BrNO3. The number of carbonyl (C=O) groups is 2. The molecule has 1 amide bonds. The molecule has 5 heteroatoms. The Hall–Kier alpha value is -1.36. The van der Waals surface area contributed by atoms with Crippen molar-refractivity contribution in [2.45, 2.75) is 51.0 Å². The van der Waals surface area contributed by atoms with Gasteiger partial charge >= 0.3 is 6.09 Å². The van der Waals surface area contributed by atoms with E-state index in [2.05, 4.69) is 28.1 Å². The predicted octanol–water partition coefficient (Wildman–Crippen LogP) is 4.31. The molecule has 126 valence electrons. The standard InChI is InChI=1S/C18H24BrNO3/c1-17(2,3)23-16(22)20-11-8-18(9-12-20,10-13-21)14-4-6-15(19)7-5-14/h4-7,13H,8-12H2,1-3H3.